The van der Waals surface area contributed by atoms with Crippen LogP contribution in [0, 0.1) is 12.7 Å². The minimum Gasteiger partial charge on any atom is -0.352 e. The van der Waals surface area contributed by atoms with Crippen LogP contribution in [-0.2, 0) is 4.79 Å². The molecule has 1 aromatic heterocycles. The van der Waals surface area contributed by atoms with Crippen molar-refractivity contribution in [2.45, 2.75) is 19.4 Å². The van der Waals surface area contributed by atoms with Crippen LogP contribution in [0.15, 0.2) is 29.6 Å². The first-order valence-electron chi connectivity index (χ1n) is 6.48. The van der Waals surface area contributed by atoms with Gasteiger partial charge in [-0.05, 0) is 13.0 Å². The van der Waals surface area contributed by atoms with E-state index < -0.39 is 23.8 Å². The Morgan fingerprint density at radius 1 is 1.41 bits per heavy atom. The van der Waals surface area contributed by atoms with Gasteiger partial charge in [0.05, 0.1) is 18.2 Å². The summed E-state index contributed by atoms with van der Waals surface area (Å²) in [5.74, 6) is -0.907. The number of aromatic nitrogens is 1. The summed E-state index contributed by atoms with van der Waals surface area (Å²) in [7, 11) is 0. The van der Waals surface area contributed by atoms with Gasteiger partial charge in [-0.2, -0.15) is 0 Å². The molecule has 1 heterocycles. The largest absolute Gasteiger partial charge is 0.352 e. The Morgan fingerprint density at radius 3 is 2.73 bits per heavy atom. The maximum atomic E-state index is 13.8. The molecule has 0 aliphatic heterocycles. The molecule has 0 bridgehead atoms. The number of nitrogens with zero attached hydrogens (tertiary/aromatic N) is 1. The van der Waals surface area contributed by atoms with Gasteiger partial charge >= 0.3 is 6.03 Å². The SMILES string of the molecule is Cc1csc(NC(=O)C[C@H](NC(N)=O)c2ccccc2F)n1. The van der Waals surface area contributed by atoms with Gasteiger partial charge in [0.25, 0.3) is 0 Å². The van der Waals surface area contributed by atoms with E-state index in [2.05, 4.69) is 15.6 Å². The molecule has 0 saturated heterocycles. The summed E-state index contributed by atoms with van der Waals surface area (Å²) in [6.45, 7) is 1.81. The Kier molecular flexibility index (Phi) is 5.05. The molecule has 0 fully saturated rings. The molecule has 6 nitrogen and oxygen atoms in total. The molecular formula is C14H15FN4O2S. The molecule has 0 unspecified atom stereocenters. The first-order valence-corrected chi connectivity index (χ1v) is 7.36. The summed E-state index contributed by atoms with van der Waals surface area (Å²) < 4.78 is 13.8. The molecule has 2 aromatic rings. The zero-order chi connectivity index (χ0) is 16.1. The second-order valence-electron chi connectivity index (χ2n) is 4.63. The highest BCUT2D eigenvalue weighted by Crippen LogP contribution is 2.21. The van der Waals surface area contributed by atoms with Gasteiger partial charge < -0.3 is 16.4 Å². The fraction of sp³-hybridized carbons (Fsp3) is 0.214. The summed E-state index contributed by atoms with van der Waals surface area (Å²) >= 11 is 1.29. The van der Waals surface area contributed by atoms with E-state index in [1.807, 2.05) is 6.92 Å². The van der Waals surface area contributed by atoms with Crippen LogP contribution in [0.5, 0.6) is 0 Å². The van der Waals surface area contributed by atoms with E-state index >= 15 is 0 Å². The number of amides is 3. The molecule has 1 aromatic carbocycles. The molecule has 8 heteroatoms. The number of hydrogen-bond acceptors (Lipinski definition) is 4. The van der Waals surface area contributed by atoms with Crippen molar-refractivity contribution in [3.63, 3.8) is 0 Å². The third kappa shape index (κ3) is 4.26. The maximum absolute atomic E-state index is 13.8. The fourth-order valence-electron chi connectivity index (χ4n) is 1.94. The number of anilines is 1. The number of primary amides is 1. The standard InChI is InChI=1S/C14H15FN4O2S/c1-8-7-22-14(17-8)19-12(20)6-11(18-13(16)21)9-4-2-3-5-10(9)15/h2-5,7,11H,6H2,1H3,(H3,16,18,21)(H,17,19,20)/t11-/m0/s1. The predicted molar refractivity (Wildman–Crippen MR) is 82.0 cm³/mol. The van der Waals surface area contributed by atoms with Gasteiger partial charge in [-0.15, -0.1) is 11.3 Å². The monoisotopic (exact) mass is 322 g/mol. The molecule has 116 valence electrons. The van der Waals surface area contributed by atoms with Crippen LogP contribution in [0.4, 0.5) is 14.3 Å². The number of carbonyl (C=O) groups excluding carboxylic acids is 2. The van der Waals surface area contributed by atoms with Crippen molar-refractivity contribution in [1.29, 1.82) is 0 Å². The summed E-state index contributed by atoms with van der Waals surface area (Å²) in [5.41, 5.74) is 6.09. The number of halogens is 1. The first kappa shape index (κ1) is 15.9. The van der Waals surface area contributed by atoms with Crippen molar-refractivity contribution in [3.05, 3.63) is 46.7 Å². The highest BCUT2D eigenvalue weighted by Gasteiger charge is 2.20. The molecular weight excluding hydrogens is 307 g/mol. The zero-order valence-electron chi connectivity index (χ0n) is 11.8. The number of urea groups is 1. The molecule has 22 heavy (non-hydrogen) atoms. The van der Waals surface area contributed by atoms with Crippen LogP contribution < -0.4 is 16.4 Å². The third-order valence-corrected chi connectivity index (χ3v) is 3.73. The van der Waals surface area contributed by atoms with Crippen LogP contribution in [0.25, 0.3) is 0 Å². The van der Waals surface area contributed by atoms with Crippen LogP contribution in [0.2, 0.25) is 0 Å². The van der Waals surface area contributed by atoms with Crippen molar-refractivity contribution in [2.75, 3.05) is 5.32 Å². The summed E-state index contributed by atoms with van der Waals surface area (Å²) in [5, 5.41) is 7.24. The second kappa shape index (κ2) is 6.99. The molecule has 0 spiro atoms. The zero-order valence-corrected chi connectivity index (χ0v) is 12.6. The number of thiazole rings is 1. The topological polar surface area (TPSA) is 97.1 Å². The van der Waals surface area contributed by atoms with Crippen molar-refractivity contribution in [1.82, 2.24) is 10.3 Å². The molecule has 1 atom stereocenters. The van der Waals surface area contributed by atoms with Gasteiger partial charge in [-0.25, -0.2) is 14.2 Å². The molecule has 0 saturated carbocycles. The van der Waals surface area contributed by atoms with Gasteiger partial charge in [-0.1, -0.05) is 18.2 Å². The molecule has 0 aliphatic carbocycles. The van der Waals surface area contributed by atoms with Gasteiger partial charge in [0.1, 0.15) is 5.82 Å². The smallest absolute Gasteiger partial charge is 0.312 e. The van der Waals surface area contributed by atoms with E-state index in [-0.39, 0.29) is 12.0 Å². The minimum atomic E-state index is -0.847. The minimum absolute atomic E-state index is 0.150. The van der Waals surface area contributed by atoms with E-state index in [4.69, 9.17) is 5.73 Å². The lowest BCUT2D eigenvalue weighted by molar-refractivity contribution is -0.116. The van der Waals surface area contributed by atoms with E-state index in [1.54, 1.807) is 11.4 Å². The lowest BCUT2D eigenvalue weighted by atomic mass is 10.0. The summed E-state index contributed by atoms with van der Waals surface area (Å²) in [4.78, 5) is 27.2. The predicted octanol–water partition coefficient (Wildman–Crippen LogP) is 2.33. The molecule has 4 N–H and O–H groups in total. The van der Waals surface area contributed by atoms with Gasteiger partial charge in [0, 0.05) is 10.9 Å². The number of rotatable bonds is 5. The van der Waals surface area contributed by atoms with E-state index in [1.165, 1.54) is 29.5 Å². The highest BCUT2D eigenvalue weighted by molar-refractivity contribution is 7.13. The lowest BCUT2D eigenvalue weighted by Gasteiger charge is -2.17. The Labute approximate surface area is 130 Å². The Hall–Kier alpha value is -2.48. The van der Waals surface area contributed by atoms with Crippen molar-refractivity contribution >= 4 is 28.4 Å². The number of aryl methyl sites for hydroxylation is 1. The number of nitrogens with two attached hydrogens (primary N) is 1. The first-order chi connectivity index (χ1) is 10.5. The van der Waals surface area contributed by atoms with Crippen LogP contribution in [0.1, 0.15) is 23.7 Å². The molecule has 2 rings (SSSR count). The summed E-state index contributed by atoms with van der Waals surface area (Å²) in [6.07, 6.45) is -0.150. The Bertz CT molecular complexity index is 689. The Morgan fingerprint density at radius 2 is 2.14 bits per heavy atom. The molecule has 0 aliphatic rings. The van der Waals surface area contributed by atoms with Gasteiger partial charge in [0.2, 0.25) is 5.91 Å². The second-order valence-corrected chi connectivity index (χ2v) is 5.49. The number of benzene rings is 1. The quantitative estimate of drug-likeness (QED) is 0.788. The highest BCUT2D eigenvalue weighted by atomic mass is 32.1. The number of carbonyl (C=O) groups is 2. The van der Waals surface area contributed by atoms with Crippen LogP contribution in [-0.4, -0.2) is 16.9 Å². The van der Waals surface area contributed by atoms with Gasteiger partial charge in [0.15, 0.2) is 5.13 Å². The third-order valence-electron chi connectivity index (χ3n) is 2.85. The number of hydrogen-bond donors (Lipinski definition) is 3. The van der Waals surface area contributed by atoms with E-state index in [0.717, 1.165) is 5.69 Å². The van der Waals surface area contributed by atoms with E-state index in [9.17, 15) is 14.0 Å². The van der Waals surface area contributed by atoms with Crippen molar-refractivity contribution in [3.8, 4) is 0 Å². The van der Waals surface area contributed by atoms with Crippen LogP contribution in [0.3, 0.4) is 0 Å². The van der Waals surface area contributed by atoms with Crippen molar-refractivity contribution < 1.29 is 14.0 Å². The molecule has 0 radical (unpaired) electrons. The van der Waals surface area contributed by atoms with Crippen molar-refractivity contribution in [2.24, 2.45) is 5.73 Å². The lowest BCUT2D eigenvalue weighted by Crippen LogP contribution is -2.35. The average Bonchev–Trinajstić information content (AvgIpc) is 2.83. The molecule has 3 amide bonds. The van der Waals surface area contributed by atoms with Crippen LogP contribution >= 0.6 is 11.3 Å². The normalized spacial score (nSPS) is 11.7. The summed E-state index contributed by atoms with van der Waals surface area (Å²) in [6, 6.07) is 4.23. The number of nitrogens with one attached hydrogen (secondary N) is 2. The average molecular weight is 322 g/mol. The maximum Gasteiger partial charge on any atom is 0.312 e. The van der Waals surface area contributed by atoms with Gasteiger partial charge in [-0.3, -0.25) is 4.79 Å². The Balaban J connectivity index is 2.11. The van der Waals surface area contributed by atoms with E-state index in [0.29, 0.717) is 5.13 Å². The fourth-order valence-corrected chi connectivity index (χ4v) is 2.64.